The number of ether oxygens (including phenoxy) is 1. The highest BCUT2D eigenvalue weighted by atomic mass is 16.5. The molecule has 1 unspecified atom stereocenters. The van der Waals surface area contributed by atoms with Crippen molar-refractivity contribution in [3.63, 3.8) is 0 Å². The lowest BCUT2D eigenvalue weighted by Crippen LogP contribution is -2.08. The molecule has 248 valence electrons. The maximum atomic E-state index is 10.9. The Morgan fingerprint density at radius 1 is 0.548 bits per heavy atom. The van der Waals surface area contributed by atoms with E-state index in [1.807, 2.05) is 0 Å². The van der Waals surface area contributed by atoms with E-state index in [1.165, 1.54) is 148 Å². The molecule has 0 bridgehead atoms. The molecule has 0 fully saturated rings. The van der Waals surface area contributed by atoms with Crippen molar-refractivity contribution in [2.75, 3.05) is 7.11 Å². The molecule has 0 aromatic carbocycles. The number of esters is 1. The SMILES string of the molecule is CCCCCCCC/C=C\CCCCCCC(C)C(=O)O.CCCCCCCC/C=C\CCCCCCCC(=O)OC. The molecular weight excluding hydrogens is 520 g/mol. The highest BCUT2D eigenvalue weighted by Gasteiger charge is 2.09. The van der Waals surface area contributed by atoms with Gasteiger partial charge in [0.05, 0.1) is 13.0 Å². The van der Waals surface area contributed by atoms with Gasteiger partial charge in [-0.05, 0) is 64.2 Å². The molecule has 0 saturated carbocycles. The third kappa shape index (κ3) is 38.4. The molecule has 0 aromatic heterocycles. The van der Waals surface area contributed by atoms with E-state index in [9.17, 15) is 9.59 Å². The Kier molecular flexibility index (Phi) is 37.9. The molecule has 0 aliphatic heterocycles. The van der Waals surface area contributed by atoms with Crippen LogP contribution < -0.4 is 0 Å². The number of methoxy groups -OCH3 is 1. The molecule has 0 radical (unpaired) electrons. The number of carboxylic acid groups (broad SMARTS) is 1. The number of rotatable bonds is 30. The summed E-state index contributed by atoms with van der Waals surface area (Å²) in [6.07, 6.45) is 42.8. The first-order valence-corrected chi connectivity index (χ1v) is 18.1. The van der Waals surface area contributed by atoms with Crippen molar-refractivity contribution in [2.45, 2.75) is 194 Å². The summed E-state index contributed by atoms with van der Waals surface area (Å²) in [5, 5.41) is 8.78. The summed E-state index contributed by atoms with van der Waals surface area (Å²) in [7, 11) is 1.46. The zero-order chi connectivity index (χ0) is 31.4. The summed E-state index contributed by atoms with van der Waals surface area (Å²) in [6.45, 7) is 6.32. The van der Waals surface area contributed by atoms with E-state index < -0.39 is 5.97 Å². The van der Waals surface area contributed by atoms with E-state index >= 15 is 0 Å². The first-order chi connectivity index (χ1) is 20.5. The van der Waals surface area contributed by atoms with Gasteiger partial charge in [0.15, 0.2) is 0 Å². The van der Waals surface area contributed by atoms with Gasteiger partial charge in [-0.15, -0.1) is 0 Å². The molecule has 0 aliphatic rings. The summed E-state index contributed by atoms with van der Waals surface area (Å²) in [6, 6.07) is 0. The van der Waals surface area contributed by atoms with Gasteiger partial charge in [-0.3, -0.25) is 9.59 Å². The van der Waals surface area contributed by atoms with E-state index in [2.05, 4.69) is 42.9 Å². The third-order valence-electron chi connectivity index (χ3n) is 7.94. The number of carbonyl (C=O) groups is 2. The molecule has 4 heteroatoms. The zero-order valence-electron chi connectivity index (χ0n) is 28.7. The van der Waals surface area contributed by atoms with Gasteiger partial charge < -0.3 is 9.84 Å². The first-order valence-electron chi connectivity index (χ1n) is 18.1. The smallest absolute Gasteiger partial charge is 0.306 e. The molecule has 0 aliphatic carbocycles. The minimum Gasteiger partial charge on any atom is -0.481 e. The van der Waals surface area contributed by atoms with Crippen LogP contribution in [0.2, 0.25) is 0 Å². The quantitative estimate of drug-likeness (QED) is 0.0512. The largest absolute Gasteiger partial charge is 0.481 e. The van der Waals surface area contributed by atoms with E-state index in [0.29, 0.717) is 6.42 Å². The summed E-state index contributed by atoms with van der Waals surface area (Å²) >= 11 is 0. The molecule has 0 aromatic rings. The van der Waals surface area contributed by atoms with Crippen molar-refractivity contribution in [1.82, 2.24) is 0 Å². The van der Waals surface area contributed by atoms with Crippen molar-refractivity contribution in [2.24, 2.45) is 5.92 Å². The lowest BCUT2D eigenvalue weighted by molar-refractivity contribution is -0.142. The Morgan fingerprint density at radius 2 is 0.881 bits per heavy atom. The molecule has 0 amide bonds. The molecule has 4 nitrogen and oxygen atoms in total. The monoisotopic (exact) mass is 593 g/mol. The number of carboxylic acids is 1. The average molecular weight is 593 g/mol. The summed E-state index contributed by atoms with van der Waals surface area (Å²) in [4.78, 5) is 21.6. The van der Waals surface area contributed by atoms with Crippen LogP contribution in [0.3, 0.4) is 0 Å². The Labute approximate surface area is 262 Å². The number of carbonyl (C=O) groups excluding carboxylic acids is 1. The van der Waals surface area contributed by atoms with Gasteiger partial charge in [0.1, 0.15) is 0 Å². The van der Waals surface area contributed by atoms with Gasteiger partial charge in [-0.2, -0.15) is 0 Å². The second-order valence-corrected chi connectivity index (χ2v) is 12.2. The second kappa shape index (κ2) is 37.4. The van der Waals surface area contributed by atoms with Crippen LogP contribution in [0.4, 0.5) is 0 Å². The summed E-state index contributed by atoms with van der Waals surface area (Å²) < 4.78 is 4.62. The lowest BCUT2D eigenvalue weighted by atomic mass is 10.0. The van der Waals surface area contributed by atoms with E-state index in [4.69, 9.17) is 5.11 Å². The topological polar surface area (TPSA) is 63.6 Å². The molecule has 0 saturated heterocycles. The summed E-state index contributed by atoms with van der Waals surface area (Å²) in [5.41, 5.74) is 0. The molecular formula is C38H72O4. The standard InChI is InChI=1S/2C19H36O2/c1-3-4-5-6-7-8-9-10-11-12-13-14-15-16-17-18-19(20)21-2;1-3-4-5-6-7-8-9-10-11-12-13-14-15-16-17-18(2)19(20)21/h10-11H,3-9,12-18H2,1-2H3;10-11,18H,3-9,12-17H2,1-2H3,(H,20,21)/b2*11-10-. The maximum absolute atomic E-state index is 10.9. The highest BCUT2D eigenvalue weighted by Crippen LogP contribution is 2.13. The maximum Gasteiger partial charge on any atom is 0.306 e. The number of allylic oxidation sites excluding steroid dienone is 4. The molecule has 0 spiro atoms. The van der Waals surface area contributed by atoms with Crippen molar-refractivity contribution in [3.05, 3.63) is 24.3 Å². The van der Waals surface area contributed by atoms with Crippen LogP contribution in [0.5, 0.6) is 0 Å². The van der Waals surface area contributed by atoms with E-state index in [0.717, 1.165) is 25.7 Å². The molecule has 42 heavy (non-hydrogen) atoms. The van der Waals surface area contributed by atoms with Crippen molar-refractivity contribution >= 4 is 11.9 Å². The highest BCUT2D eigenvalue weighted by molar-refractivity contribution is 5.69. The molecule has 1 atom stereocenters. The van der Waals surface area contributed by atoms with Crippen LogP contribution in [0, 0.1) is 5.92 Å². The lowest BCUT2D eigenvalue weighted by Gasteiger charge is -2.04. The molecule has 0 heterocycles. The van der Waals surface area contributed by atoms with Gasteiger partial charge in [0, 0.05) is 6.42 Å². The summed E-state index contributed by atoms with van der Waals surface area (Å²) in [5.74, 6) is -0.914. The molecule has 0 rings (SSSR count). The third-order valence-corrected chi connectivity index (χ3v) is 7.94. The fraction of sp³-hybridized carbons (Fsp3) is 0.842. The van der Waals surface area contributed by atoms with Crippen LogP contribution in [0.15, 0.2) is 24.3 Å². The van der Waals surface area contributed by atoms with Crippen LogP contribution in [0.1, 0.15) is 194 Å². The van der Waals surface area contributed by atoms with Gasteiger partial charge >= 0.3 is 11.9 Å². The Bertz CT molecular complexity index is 608. The van der Waals surface area contributed by atoms with Crippen molar-refractivity contribution in [3.8, 4) is 0 Å². The number of hydrogen-bond acceptors (Lipinski definition) is 3. The number of hydrogen-bond donors (Lipinski definition) is 1. The number of aliphatic carboxylic acids is 1. The normalized spacial score (nSPS) is 12.0. The van der Waals surface area contributed by atoms with Crippen LogP contribution in [0.25, 0.3) is 0 Å². The van der Waals surface area contributed by atoms with E-state index in [-0.39, 0.29) is 11.9 Å². The van der Waals surface area contributed by atoms with Crippen LogP contribution in [-0.4, -0.2) is 24.2 Å². The van der Waals surface area contributed by atoms with Gasteiger partial charge in [0.25, 0.3) is 0 Å². The fourth-order valence-corrected chi connectivity index (χ4v) is 4.91. The van der Waals surface area contributed by atoms with Crippen LogP contribution >= 0.6 is 0 Å². The van der Waals surface area contributed by atoms with Crippen molar-refractivity contribution < 1.29 is 19.4 Å². The Balaban J connectivity index is 0. The first kappa shape index (κ1) is 42.6. The van der Waals surface area contributed by atoms with E-state index in [1.54, 1.807) is 6.92 Å². The predicted octanol–water partition coefficient (Wildman–Crippen LogP) is 12.6. The van der Waals surface area contributed by atoms with Gasteiger partial charge in [-0.1, -0.05) is 148 Å². The Morgan fingerprint density at radius 3 is 1.24 bits per heavy atom. The predicted molar refractivity (Wildman–Crippen MR) is 183 cm³/mol. The molecule has 1 N–H and O–H groups in total. The van der Waals surface area contributed by atoms with Gasteiger partial charge in [-0.25, -0.2) is 0 Å². The minimum atomic E-state index is -0.660. The Hall–Kier alpha value is -1.58. The fourth-order valence-electron chi connectivity index (χ4n) is 4.91. The van der Waals surface area contributed by atoms with Crippen molar-refractivity contribution in [1.29, 1.82) is 0 Å². The average Bonchev–Trinajstić information content (AvgIpc) is 2.99. The van der Waals surface area contributed by atoms with Crippen LogP contribution in [-0.2, 0) is 14.3 Å². The van der Waals surface area contributed by atoms with Gasteiger partial charge in [0.2, 0.25) is 0 Å². The zero-order valence-corrected chi connectivity index (χ0v) is 28.7. The minimum absolute atomic E-state index is 0.0763. The second-order valence-electron chi connectivity index (χ2n) is 12.2. The number of unbranched alkanes of at least 4 members (excludes halogenated alkanes) is 21.